The molecule has 0 aromatic heterocycles. The second kappa shape index (κ2) is 11.0. The first-order valence-electron chi connectivity index (χ1n) is 12.7. The third kappa shape index (κ3) is 9.95. The number of rotatable bonds is 12. The minimum atomic E-state index is -1.88. The lowest BCUT2D eigenvalue weighted by Gasteiger charge is -2.47. The number of hydrogen-bond donors (Lipinski definition) is 0. The van der Waals surface area contributed by atoms with E-state index in [1.54, 1.807) is 6.92 Å². The van der Waals surface area contributed by atoms with Crippen LogP contribution in [0.4, 0.5) is 0 Å². The van der Waals surface area contributed by atoms with Crippen molar-refractivity contribution in [3.8, 4) is 0 Å². The quantitative estimate of drug-likeness (QED) is 0.253. The fourth-order valence-corrected chi connectivity index (χ4v) is 8.31. The van der Waals surface area contributed by atoms with Crippen LogP contribution < -0.4 is 0 Å². The van der Waals surface area contributed by atoms with E-state index in [-0.39, 0.29) is 48.3 Å². The maximum Gasteiger partial charge on any atom is 0.184 e. The number of carbonyl (C=O) groups excluding carboxylic acids is 1. The predicted molar refractivity (Wildman–Crippen MR) is 141 cm³/mol. The Balaban J connectivity index is 2.15. The lowest BCUT2D eigenvalue weighted by molar-refractivity contribution is -0.159. The summed E-state index contributed by atoms with van der Waals surface area (Å²) in [6.45, 7) is 26.5. The van der Waals surface area contributed by atoms with Gasteiger partial charge < -0.3 is 22.8 Å². The Bertz CT molecular complexity index is 654. The van der Waals surface area contributed by atoms with Gasteiger partial charge >= 0.3 is 0 Å². The molecule has 0 aromatic carbocycles. The smallest absolute Gasteiger partial charge is 0.184 e. The number of ether oxygens (including phenoxy) is 2. The molecule has 9 heteroatoms. The van der Waals surface area contributed by atoms with Gasteiger partial charge in [0.2, 0.25) is 0 Å². The molecule has 6 nitrogen and oxygen atoms in total. The third-order valence-corrected chi connectivity index (χ3v) is 9.14. The third-order valence-electron chi connectivity index (χ3n) is 6.10. The van der Waals surface area contributed by atoms with Crippen LogP contribution >= 0.6 is 0 Å². The van der Waals surface area contributed by atoms with Crippen LogP contribution in [0.5, 0.6) is 0 Å². The average Bonchev–Trinajstić information content (AvgIpc) is 3.34. The first-order chi connectivity index (χ1) is 14.9. The lowest BCUT2D eigenvalue weighted by atomic mass is 9.86. The van der Waals surface area contributed by atoms with Crippen molar-refractivity contribution < 1.29 is 27.5 Å². The van der Waals surface area contributed by atoms with Crippen molar-refractivity contribution in [2.45, 2.75) is 129 Å². The van der Waals surface area contributed by atoms with Crippen LogP contribution in [0.15, 0.2) is 0 Å². The van der Waals surface area contributed by atoms with Crippen molar-refractivity contribution >= 4 is 30.7 Å². The molecule has 4 unspecified atom stereocenters. The molecule has 194 valence electrons. The van der Waals surface area contributed by atoms with E-state index in [9.17, 15) is 4.79 Å². The van der Waals surface area contributed by atoms with Crippen molar-refractivity contribution in [3.05, 3.63) is 0 Å². The summed E-state index contributed by atoms with van der Waals surface area (Å²) in [5.41, 5.74) is 0. The van der Waals surface area contributed by atoms with Crippen LogP contribution in [0.2, 0.25) is 58.9 Å². The summed E-state index contributed by atoms with van der Waals surface area (Å²) in [5.74, 6) is 0.670. The van der Waals surface area contributed by atoms with Gasteiger partial charge in [0.05, 0.1) is 37.1 Å². The normalized spacial score (nSPS) is 33.0. The molecule has 0 aromatic rings. The second-order valence-electron chi connectivity index (χ2n) is 13.1. The van der Waals surface area contributed by atoms with Gasteiger partial charge in [0.1, 0.15) is 5.78 Å². The Labute approximate surface area is 205 Å². The highest BCUT2D eigenvalue weighted by molar-refractivity contribution is 6.70. The summed E-state index contributed by atoms with van der Waals surface area (Å²) in [5, 5.41) is 0. The number of Topliss-reactive ketones (excluding diaryl/α,β-unsaturated/α-hetero) is 1. The van der Waals surface area contributed by atoms with Gasteiger partial charge in [0.15, 0.2) is 25.0 Å². The Morgan fingerprint density at radius 1 is 0.879 bits per heavy atom. The molecule has 2 rings (SSSR count). The van der Waals surface area contributed by atoms with Gasteiger partial charge in [0, 0.05) is 24.4 Å². The molecule has 0 N–H and O–H groups in total. The zero-order valence-corrected chi connectivity index (χ0v) is 26.2. The highest BCUT2D eigenvalue weighted by atomic mass is 28.4. The van der Waals surface area contributed by atoms with Crippen LogP contribution in [0.1, 0.15) is 33.6 Å². The van der Waals surface area contributed by atoms with E-state index >= 15 is 0 Å². The SMILES string of the molecule is CC(=O)C[C@@H]1OC[C@H](CC2OC2C(C)C(C)O[Si](C)(C)C)[C@@H](O[Si](C)(C)C)[C@@H]1O[Si](C)(C)C. The molecule has 33 heavy (non-hydrogen) atoms. The first-order valence-corrected chi connectivity index (χ1v) is 22.9. The van der Waals surface area contributed by atoms with E-state index in [0.717, 1.165) is 6.42 Å². The van der Waals surface area contributed by atoms with E-state index in [4.69, 9.17) is 22.8 Å². The largest absolute Gasteiger partial charge is 0.415 e. The highest BCUT2D eigenvalue weighted by Gasteiger charge is 2.51. The average molecular weight is 519 g/mol. The van der Waals surface area contributed by atoms with Gasteiger partial charge in [-0.25, -0.2) is 0 Å². The fourth-order valence-electron chi connectivity index (χ4n) is 4.74. The van der Waals surface area contributed by atoms with Gasteiger partial charge in [-0.05, 0) is 79.2 Å². The van der Waals surface area contributed by atoms with Crippen LogP contribution in [0.3, 0.4) is 0 Å². The molecule has 0 aliphatic carbocycles. The Hall–Kier alpha value is 0.121. The maximum absolute atomic E-state index is 12.0. The number of hydrogen-bond acceptors (Lipinski definition) is 6. The van der Waals surface area contributed by atoms with E-state index in [1.165, 1.54) is 0 Å². The van der Waals surface area contributed by atoms with Gasteiger partial charge in [0.25, 0.3) is 0 Å². The number of ketones is 1. The molecule has 2 aliphatic heterocycles. The van der Waals surface area contributed by atoms with Gasteiger partial charge in [-0.15, -0.1) is 0 Å². The number of carbonyl (C=O) groups is 1. The summed E-state index contributed by atoms with van der Waals surface area (Å²) < 4.78 is 32.2. The maximum atomic E-state index is 12.0. The van der Waals surface area contributed by atoms with Crippen molar-refractivity contribution in [1.82, 2.24) is 0 Å². The standard InChI is InChI=1S/C24H50O6Si3/c1-16(25)13-20-24(30-33(10,11)12)23(29-32(7,8)9)19(15-26-20)14-21-22(27-21)17(2)18(3)28-31(4,5)6/h17-24H,13-15H2,1-12H3/t17?,18?,19-,20-,21?,22?,23+,24+/m0/s1. The molecular formula is C24H50O6Si3. The Morgan fingerprint density at radius 2 is 1.42 bits per heavy atom. The molecular weight excluding hydrogens is 469 g/mol. The zero-order chi connectivity index (χ0) is 25.4. The Morgan fingerprint density at radius 3 is 1.91 bits per heavy atom. The minimum Gasteiger partial charge on any atom is -0.415 e. The molecule has 0 radical (unpaired) electrons. The van der Waals surface area contributed by atoms with E-state index in [0.29, 0.717) is 18.9 Å². The molecule has 0 spiro atoms. The van der Waals surface area contributed by atoms with Crippen LogP contribution in [-0.4, -0.2) is 74.0 Å². The topological polar surface area (TPSA) is 66.5 Å². The Kier molecular flexibility index (Phi) is 9.81. The van der Waals surface area contributed by atoms with Crippen molar-refractivity contribution in [1.29, 1.82) is 0 Å². The van der Waals surface area contributed by atoms with Crippen LogP contribution in [0.25, 0.3) is 0 Å². The molecule has 2 fully saturated rings. The molecule has 2 saturated heterocycles. The molecule has 2 aliphatic rings. The van der Waals surface area contributed by atoms with E-state index < -0.39 is 25.0 Å². The summed E-state index contributed by atoms with van der Waals surface area (Å²) in [6.07, 6.45) is 1.34. The summed E-state index contributed by atoms with van der Waals surface area (Å²) in [7, 11) is -5.31. The first kappa shape index (κ1) is 29.4. The van der Waals surface area contributed by atoms with Gasteiger partial charge in [-0.3, -0.25) is 4.79 Å². The lowest BCUT2D eigenvalue weighted by Crippen LogP contribution is -2.58. The minimum absolute atomic E-state index is 0.0719. The second-order valence-corrected chi connectivity index (χ2v) is 26.5. The van der Waals surface area contributed by atoms with Gasteiger partial charge in [-0.2, -0.15) is 0 Å². The highest BCUT2D eigenvalue weighted by Crippen LogP contribution is 2.41. The molecule has 2 heterocycles. The van der Waals surface area contributed by atoms with E-state index in [2.05, 4.69) is 72.8 Å². The fraction of sp³-hybridized carbons (Fsp3) is 0.958. The van der Waals surface area contributed by atoms with Crippen LogP contribution in [0, 0.1) is 11.8 Å². The molecule has 8 atom stereocenters. The zero-order valence-electron chi connectivity index (χ0n) is 23.2. The summed E-state index contributed by atoms with van der Waals surface area (Å²) in [6, 6.07) is 0. The number of epoxide rings is 1. The van der Waals surface area contributed by atoms with E-state index in [1.807, 2.05) is 0 Å². The monoisotopic (exact) mass is 518 g/mol. The van der Waals surface area contributed by atoms with Gasteiger partial charge in [-0.1, -0.05) is 6.92 Å². The van der Waals surface area contributed by atoms with Crippen molar-refractivity contribution in [2.75, 3.05) is 6.61 Å². The van der Waals surface area contributed by atoms with Crippen molar-refractivity contribution in [3.63, 3.8) is 0 Å². The molecule has 0 saturated carbocycles. The summed E-state index contributed by atoms with van der Waals surface area (Å²) >= 11 is 0. The molecule has 0 amide bonds. The predicted octanol–water partition coefficient (Wildman–Crippen LogP) is 5.45. The molecule has 0 bridgehead atoms. The van der Waals surface area contributed by atoms with Crippen LogP contribution in [-0.2, 0) is 27.5 Å². The van der Waals surface area contributed by atoms with Crippen molar-refractivity contribution in [2.24, 2.45) is 11.8 Å². The summed E-state index contributed by atoms with van der Waals surface area (Å²) in [4.78, 5) is 12.0.